The van der Waals surface area contributed by atoms with E-state index in [-0.39, 0.29) is 23.9 Å². The first-order valence-electron chi connectivity index (χ1n) is 8.14. The van der Waals surface area contributed by atoms with E-state index in [1.807, 2.05) is 35.9 Å². The molecule has 2 aromatic carbocycles. The van der Waals surface area contributed by atoms with Gasteiger partial charge in [-0.05, 0) is 36.4 Å². The van der Waals surface area contributed by atoms with Crippen LogP contribution in [0.25, 0.3) is 11.0 Å². The highest BCUT2D eigenvalue weighted by molar-refractivity contribution is 7.89. The Kier molecular flexibility index (Phi) is 5.26. The van der Waals surface area contributed by atoms with E-state index in [0.29, 0.717) is 5.56 Å². The molecule has 0 spiro atoms. The zero-order valence-electron chi connectivity index (χ0n) is 14.6. The second-order valence-electron chi connectivity index (χ2n) is 5.81. The lowest BCUT2D eigenvalue weighted by Gasteiger charge is -2.07. The number of terminal acetylenes is 1. The van der Waals surface area contributed by atoms with Crippen LogP contribution in [0.5, 0.6) is 0 Å². The number of amides is 1. The van der Waals surface area contributed by atoms with Crippen molar-refractivity contribution < 1.29 is 13.2 Å². The van der Waals surface area contributed by atoms with Crippen LogP contribution in [0.2, 0.25) is 0 Å². The maximum atomic E-state index is 12.3. The van der Waals surface area contributed by atoms with Crippen LogP contribution in [-0.2, 0) is 23.6 Å². The van der Waals surface area contributed by atoms with Crippen molar-refractivity contribution in [2.45, 2.75) is 11.4 Å². The summed E-state index contributed by atoms with van der Waals surface area (Å²) < 4.78 is 28.2. The van der Waals surface area contributed by atoms with Gasteiger partial charge < -0.3 is 9.88 Å². The second-order valence-corrected chi connectivity index (χ2v) is 7.58. The van der Waals surface area contributed by atoms with E-state index < -0.39 is 10.0 Å². The van der Waals surface area contributed by atoms with Gasteiger partial charge in [-0.25, -0.2) is 13.4 Å². The molecule has 1 amide bonds. The number of aromatic nitrogens is 2. The number of nitrogens with one attached hydrogen (secondary N) is 2. The van der Waals surface area contributed by atoms with Crippen LogP contribution in [0.1, 0.15) is 16.2 Å². The average molecular weight is 382 g/mol. The third kappa shape index (κ3) is 4.00. The lowest BCUT2D eigenvalue weighted by Crippen LogP contribution is -2.25. The molecule has 8 heteroatoms. The number of hydrogen-bond acceptors (Lipinski definition) is 4. The number of rotatable bonds is 6. The summed E-state index contributed by atoms with van der Waals surface area (Å²) in [5, 5.41) is 2.80. The van der Waals surface area contributed by atoms with Crippen LogP contribution in [-0.4, -0.2) is 30.4 Å². The molecule has 0 aliphatic heterocycles. The van der Waals surface area contributed by atoms with Gasteiger partial charge in [0.25, 0.3) is 5.91 Å². The number of aryl methyl sites for hydroxylation is 1. The van der Waals surface area contributed by atoms with Gasteiger partial charge in [-0.2, -0.15) is 4.72 Å². The number of benzene rings is 2. The summed E-state index contributed by atoms with van der Waals surface area (Å²) in [6.07, 6.45) is 5.06. The maximum Gasteiger partial charge on any atom is 0.251 e. The SMILES string of the molecule is C#CCNS(=O)(=O)c1ccc(C(=O)NCc2nc3ccccc3n2C)cc1. The average Bonchev–Trinajstić information content (AvgIpc) is 3.00. The van der Waals surface area contributed by atoms with Crippen molar-refractivity contribution in [3.63, 3.8) is 0 Å². The number of carbonyl (C=O) groups excluding carboxylic acids is 1. The highest BCUT2D eigenvalue weighted by Gasteiger charge is 2.14. The van der Waals surface area contributed by atoms with Gasteiger partial charge in [-0.15, -0.1) is 6.42 Å². The van der Waals surface area contributed by atoms with Crippen molar-refractivity contribution in [3.8, 4) is 12.3 Å². The quantitative estimate of drug-likeness (QED) is 0.631. The Morgan fingerprint density at radius 3 is 2.56 bits per heavy atom. The number of nitrogens with zero attached hydrogens (tertiary/aromatic N) is 2. The summed E-state index contributed by atoms with van der Waals surface area (Å²) in [5.41, 5.74) is 2.19. The molecule has 0 atom stereocenters. The summed E-state index contributed by atoms with van der Waals surface area (Å²) in [5.74, 6) is 2.61. The Hall–Kier alpha value is -3.15. The Balaban J connectivity index is 1.69. The summed E-state index contributed by atoms with van der Waals surface area (Å²) in [4.78, 5) is 16.9. The summed E-state index contributed by atoms with van der Waals surface area (Å²) in [7, 11) is -1.79. The van der Waals surface area contributed by atoms with Gasteiger partial charge in [0.15, 0.2) is 0 Å². The lowest BCUT2D eigenvalue weighted by molar-refractivity contribution is 0.0949. The van der Waals surface area contributed by atoms with Gasteiger partial charge >= 0.3 is 0 Å². The van der Waals surface area contributed by atoms with Crippen LogP contribution < -0.4 is 10.0 Å². The van der Waals surface area contributed by atoms with Crippen LogP contribution in [0.15, 0.2) is 53.4 Å². The van der Waals surface area contributed by atoms with Gasteiger partial charge in [0.2, 0.25) is 10.0 Å². The third-order valence-corrected chi connectivity index (χ3v) is 5.50. The highest BCUT2D eigenvalue weighted by Crippen LogP contribution is 2.14. The fourth-order valence-electron chi connectivity index (χ4n) is 2.62. The predicted molar refractivity (Wildman–Crippen MR) is 102 cm³/mol. The molecule has 2 N–H and O–H groups in total. The van der Waals surface area contributed by atoms with E-state index in [1.54, 1.807) is 0 Å². The normalized spacial score (nSPS) is 11.3. The number of carbonyl (C=O) groups is 1. The van der Waals surface area contributed by atoms with Crippen molar-refractivity contribution in [1.29, 1.82) is 0 Å². The summed E-state index contributed by atoms with van der Waals surface area (Å²) in [6, 6.07) is 13.3. The number of sulfonamides is 1. The first kappa shape index (κ1) is 18.6. The van der Waals surface area contributed by atoms with E-state index in [0.717, 1.165) is 16.9 Å². The van der Waals surface area contributed by atoms with E-state index >= 15 is 0 Å². The number of imidazole rings is 1. The minimum atomic E-state index is -3.68. The van der Waals surface area contributed by atoms with Crippen molar-refractivity contribution in [2.24, 2.45) is 7.05 Å². The summed E-state index contributed by atoms with van der Waals surface area (Å²) >= 11 is 0. The molecule has 0 saturated heterocycles. The smallest absolute Gasteiger partial charge is 0.251 e. The molecule has 27 heavy (non-hydrogen) atoms. The fourth-order valence-corrected chi connectivity index (χ4v) is 3.55. The second kappa shape index (κ2) is 7.61. The number of para-hydroxylation sites is 2. The molecular weight excluding hydrogens is 364 g/mol. The van der Waals surface area contributed by atoms with Crippen LogP contribution in [0, 0.1) is 12.3 Å². The molecule has 1 aromatic heterocycles. The molecule has 7 nitrogen and oxygen atoms in total. The standard InChI is InChI=1S/C19H18N4O3S/c1-3-12-21-27(25,26)15-10-8-14(9-11-15)19(24)20-13-18-22-16-6-4-5-7-17(16)23(18)2/h1,4-11,21H,12-13H2,2H3,(H,20,24). The van der Waals surface area contributed by atoms with E-state index in [9.17, 15) is 13.2 Å². The van der Waals surface area contributed by atoms with Crippen molar-refractivity contribution in [1.82, 2.24) is 19.6 Å². The predicted octanol–water partition coefficient (Wildman–Crippen LogP) is 1.41. The molecule has 0 fully saturated rings. The minimum absolute atomic E-state index is 0.0460. The first-order chi connectivity index (χ1) is 12.9. The van der Waals surface area contributed by atoms with Crippen molar-refractivity contribution >= 4 is 27.0 Å². The molecule has 1 heterocycles. The van der Waals surface area contributed by atoms with Gasteiger partial charge in [-0.3, -0.25) is 4.79 Å². The van der Waals surface area contributed by atoms with E-state index in [4.69, 9.17) is 6.42 Å². The van der Waals surface area contributed by atoms with Crippen LogP contribution >= 0.6 is 0 Å². The van der Waals surface area contributed by atoms with Gasteiger partial charge in [0, 0.05) is 12.6 Å². The number of hydrogen-bond donors (Lipinski definition) is 2. The van der Waals surface area contributed by atoms with Gasteiger partial charge in [0.1, 0.15) is 5.82 Å². The molecule has 0 bridgehead atoms. The molecule has 0 aliphatic rings. The molecule has 0 aliphatic carbocycles. The van der Waals surface area contributed by atoms with E-state index in [1.165, 1.54) is 24.3 Å². The van der Waals surface area contributed by atoms with Crippen LogP contribution in [0.3, 0.4) is 0 Å². The molecule has 0 saturated carbocycles. The third-order valence-electron chi connectivity index (χ3n) is 4.08. The topological polar surface area (TPSA) is 93.1 Å². The minimum Gasteiger partial charge on any atom is -0.345 e. The molecule has 0 unspecified atom stereocenters. The van der Waals surface area contributed by atoms with Gasteiger partial charge in [0.05, 0.1) is 29.0 Å². The Labute approximate surface area is 157 Å². The van der Waals surface area contributed by atoms with Crippen molar-refractivity contribution in [2.75, 3.05) is 6.54 Å². The molecule has 3 aromatic rings. The Morgan fingerprint density at radius 2 is 1.89 bits per heavy atom. The summed E-state index contributed by atoms with van der Waals surface area (Å²) in [6.45, 7) is 0.163. The monoisotopic (exact) mass is 382 g/mol. The molecule has 0 radical (unpaired) electrons. The fraction of sp³-hybridized carbons (Fsp3) is 0.158. The Morgan fingerprint density at radius 1 is 1.19 bits per heavy atom. The molecule has 3 rings (SSSR count). The van der Waals surface area contributed by atoms with Gasteiger partial charge in [-0.1, -0.05) is 18.1 Å². The highest BCUT2D eigenvalue weighted by atomic mass is 32.2. The Bertz CT molecular complexity index is 1130. The molecular formula is C19H18N4O3S. The van der Waals surface area contributed by atoms with Crippen molar-refractivity contribution in [3.05, 3.63) is 59.9 Å². The largest absolute Gasteiger partial charge is 0.345 e. The lowest BCUT2D eigenvalue weighted by atomic mass is 10.2. The number of fused-ring (bicyclic) bond motifs is 1. The maximum absolute atomic E-state index is 12.3. The van der Waals surface area contributed by atoms with E-state index in [2.05, 4.69) is 20.9 Å². The van der Waals surface area contributed by atoms with Crippen LogP contribution in [0.4, 0.5) is 0 Å². The zero-order valence-corrected chi connectivity index (χ0v) is 15.5. The zero-order chi connectivity index (χ0) is 19.4. The molecule has 138 valence electrons. The first-order valence-corrected chi connectivity index (χ1v) is 9.62.